The summed E-state index contributed by atoms with van der Waals surface area (Å²) < 4.78 is 0. The highest BCUT2D eigenvalue weighted by atomic mass is 16.2. The molecule has 0 radical (unpaired) electrons. The Morgan fingerprint density at radius 3 is 2.17 bits per heavy atom. The Morgan fingerprint density at radius 1 is 1.17 bits per heavy atom. The molecule has 1 aliphatic heterocycles. The first-order valence-electron chi connectivity index (χ1n) is 5.64. The molecule has 0 bridgehead atoms. The quantitative estimate of drug-likeness (QED) is 0.600. The number of allylic oxidation sites excluding steroid dienone is 4. The highest BCUT2D eigenvalue weighted by Crippen LogP contribution is 2.26. The number of nitrogens with zero attached hydrogens (tertiary/aromatic N) is 1. The SMILES string of the molecule is C=C/C=C(\C=C/C)N1C(=O)c2ccccc2C1=O. The van der Waals surface area contributed by atoms with Crippen LogP contribution in [0.1, 0.15) is 27.6 Å². The van der Waals surface area contributed by atoms with Gasteiger partial charge in [-0.2, -0.15) is 0 Å². The zero-order valence-corrected chi connectivity index (χ0v) is 10.1. The summed E-state index contributed by atoms with van der Waals surface area (Å²) in [7, 11) is 0. The topological polar surface area (TPSA) is 37.4 Å². The lowest BCUT2D eigenvalue weighted by atomic mass is 10.1. The second-order valence-corrected chi connectivity index (χ2v) is 3.82. The van der Waals surface area contributed by atoms with E-state index in [1.807, 2.05) is 6.92 Å². The molecule has 0 unspecified atom stereocenters. The lowest BCUT2D eigenvalue weighted by molar-refractivity contribution is 0.0709. The van der Waals surface area contributed by atoms with E-state index in [4.69, 9.17) is 0 Å². The van der Waals surface area contributed by atoms with Gasteiger partial charge in [0.25, 0.3) is 11.8 Å². The maximum Gasteiger partial charge on any atom is 0.266 e. The van der Waals surface area contributed by atoms with E-state index in [1.54, 1.807) is 48.6 Å². The van der Waals surface area contributed by atoms with Crippen LogP contribution in [-0.4, -0.2) is 16.7 Å². The fourth-order valence-electron chi connectivity index (χ4n) is 1.92. The van der Waals surface area contributed by atoms with Crippen molar-refractivity contribution in [2.45, 2.75) is 6.92 Å². The van der Waals surface area contributed by atoms with E-state index >= 15 is 0 Å². The summed E-state index contributed by atoms with van der Waals surface area (Å²) in [6, 6.07) is 6.83. The minimum Gasteiger partial charge on any atom is -0.268 e. The molecule has 2 amide bonds. The zero-order chi connectivity index (χ0) is 13.1. The van der Waals surface area contributed by atoms with Crippen LogP contribution < -0.4 is 0 Å². The van der Waals surface area contributed by atoms with Crippen LogP contribution >= 0.6 is 0 Å². The molecule has 0 N–H and O–H groups in total. The van der Waals surface area contributed by atoms with E-state index in [0.717, 1.165) is 0 Å². The van der Waals surface area contributed by atoms with Gasteiger partial charge in [0.05, 0.1) is 16.8 Å². The van der Waals surface area contributed by atoms with Crippen LogP contribution in [0.15, 0.2) is 60.8 Å². The summed E-state index contributed by atoms with van der Waals surface area (Å²) in [4.78, 5) is 25.6. The smallest absolute Gasteiger partial charge is 0.266 e. The van der Waals surface area contributed by atoms with Crippen molar-refractivity contribution in [1.82, 2.24) is 4.90 Å². The molecule has 3 heteroatoms. The Morgan fingerprint density at radius 2 is 1.72 bits per heavy atom. The molecule has 0 spiro atoms. The van der Waals surface area contributed by atoms with Gasteiger partial charge in [0.15, 0.2) is 0 Å². The average molecular weight is 239 g/mol. The van der Waals surface area contributed by atoms with Crippen LogP contribution in [0.25, 0.3) is 0 Å². The molecule has 3 nitrogen and oxygen atoms in total. The van der Waals surface area contributed by atoms with Gasteiger partial charge >= 0.3 is 0 Å². The number of benzene rings is 1. The van der Waals surface area contributed by atoms with E-state index < -0.39 is 0 Å². The maximum atomic E-state index is 12.2. The van der Waals surface area contributed by atoms with Crippen LogP contribution in [0, 0.1) is 0 Å². The first-order chi connectivity index (χ1) is 8.70. The number of amides is 2. The summed E-state index contributed by atoms with van der Waals surface area (Å²) in [5, 5.41) is 0. The molecule has 0 saturated carbocycles. The molecule has 0 aliphatic carbocycles. The van der Waals surface area contributed by atoms with Crippen molar-refractivity contribution in [2.75, 3.05) is 0 Å². The summed E-state index contributed by atoms with van der Waals surface area (Å²) >= 11 is 0. The van der Waals surface area contributed by atoms with Gasteiger partial charge in [-0.3, -0.25) is 9.59 Å². The molecular weight excluding hydrogens is 226 g/mol. The van der Waals surface area contributed by atoms with Crippen molar-refractivity contribution < 1.29 is 9.59 Å². The minimum absolute atomic E-state index is 0.290. The lowest BCUT2D eigenvalue weighted by Gasteiger charge is -2.14. The van der Waals surface area contributed by atoms with Crippen LogP contribution in [0.4, 0.5) is 0 Å². The summed E-state index contributed by atoms with van der Waals surface area (Å²) in [5.74, 6) is -0.580. The first-order valence-corrected chi connectivity index (χ1v) is 5.64. The van der Waals surface area contributed by atoms with Crippen molar-refractivity contribution in [3.8, 4) is 0 Å². The first kappa shape index (κ1) is 12.0. The Hall–Kier alpha value is -2.42. The molecule has 1 heterocycles. The number of rotatable bonds is 3. The van der Waals surface area contributed by atoms with Crippen molar-refractivity contribution in [2.24, 2.45) is 0 Å². The molecule has 0 saturated heterocycles. The molecule has 0 fully saturated rings. The number of hydrogen-bond acceptors (Lipinski definition) is 2. The van der Waals surface area contributed by atoms with Crippen molar-refractivity contribution in [1.29, 1.82) is 0 Å². The van der Waals surface area contributed by atoms with Crippen molar-refractivity contribution in [3.05, 3.63) is 72.0 Å². The van der Waals surface area contributed by atoms with E-state index in [2.05, 4.69) is 6.58 Å². The number of carbonyl (C=O) groups excluding carboxylic acids is 2. The minimum atomic E-state index is -0.290. The van der Waals surface area contributed by atoms with Crippen LogP contribution in [0.2, 0.25) is 0 Å². The molecule has 2 rings (SSSR count). The predicted molar refractivity (Wildman–Crippen MR) is 70.0 cm³/mol. The van der Waals surface area contributed by atoms with Crippen molar-refractivity contribution >= 4 is 11.8 Å². The highest BCUT2D eigenvalue weighted by Gasteiger charge is 2.36. The van der Waals surface area contributed by atoms with Crippen LogP contribution in [0.3, 0.4) is 0 Å². The standard InChI is InChI=1S/C15H13NO2/c1-3-7-11(8-4-2)16-14(17)12-9-5-6-10-13(12)15(16)18/h3-10H,1H2,2H3/b8-4-,11-7+. The van der Waals surface area contributed by atoms with Gasteiger partial charge in [-0.1, -0.05) is 30.9 Å². The molecule has 1 aliphatic rings. The van der Waals surface area contributed by atoms with Gasteiger partial charge in [0, 0.05) is 0 Å². The number of carbonyl (C=O) groups is 2. The Balaban J connectivity index is 2.51. The van der Waals surface area contributed by atoms with E-state index in [1.165, 1.54) is 4.90 Å². The average Bonchev–Trinajstić information content (AvgIpc) is 2.63. The highest BCUT2D eigenvalue weighted by molar-refractivity contribution is 6.22. The van der Waals surface area contributed by atoms with Gasteiger partial charge in [0.2, 0.25) is 0 Å². The number of hydrogen-bond donors (Lipinski definition) is 0. The van der Waals surface area contributed by atoms with Crippen molar-refractivity contribution in [3.63, 3.8) is 0 Å². The third-order valence-corrected chi connectivity index (χ3v) is 2.68. The molecule has 90 valence electrons. The largest absolute Gasteiger partial charge is 0.268 e. The monoisotopic (exact) mass is 239 g/mol. The van der Waals surface area contributed by atoms with E-state index in [9.17, 15) is 9.59 Å². The lowest BCUT2D eigenvalue weighted by Crippen LogP contribution is -2.28. The predicted octanol–water partition coefficient (Wildman–Crippen LogP) is 2.93. The maximum absolute atomic E-state index is 12.2. The van der Waals surface area contributed by atoms with E-state index in [0.29, 0.717) is 16.8 Å². The zero-order valence-electron chi connectivity index (χ0n) is 10.1. The van der Waals surface area contributed by atoms with Gasteiger partial charge in [-0.25, -0.2) is 4.90 Å². The molecule has 1 aromatic rings. The van der Waals surface area contributed by atoms with Gasteiger partial charge in [-0.05, 0) is 31.2 Å². The second-order valence-electron chi connectivity index (χ2n) is 3.82. The third-order valence-electron chi connectivity index (χ3n) is 2.68. The molecule has 18 heavy (non-hydrogen) atoms. The van der Waals surface area contributed by atoms with Gasteiger partial charge in [0.1, 0.15) is 0 Å². The number of imide groups is 1. The van der Waals surface area contributed by atoms with Gasteiger partial charge < -0.3 is 0 Å². The molecule has 0 aromatic heterocycles. The summed E-state index contributed by atoms with van der Waals surface area (Å²) in [6.45, 7) is 5.42. The Kier molecular flexibility index (Phi) is 3.24. The van der Waals surface area contributed by atoms with E-state index in [-0.39, 0.29) is 11.8 Å². The Bertz CT molecular complexity index is 547. The fraction of sp³-hybridized carbons (Fsp3) is 0.0667. The second kappa shape index (κ2) is 4.84. The van der Waals surface area contributed by atoms with Gasteiger partial charge in [-0.15, -0.1) is 0 Å². The van der Waals surface area contributed by atoms with Crippen LogP contribution in [-0.2, 0) is 0 Å². The normalized spacial score (nSPS) is 15.4. The van der Waals surface area contributed by atoms with Crippen LogP contribution in [0.5, 0.6) is 0 Å². The molecular formula is C15H13NO2. The Labute approximate surface area is 106 Å². The third kappa shape index (κ3) is 1.80. The number of fused-ring (bicyclic) bond motifs is 1. The summed E-state index contributed by atoms with van der Waals surface area (Å²) in [6.07, 6.45) is 6.68. The molecule has 1 aromatic carbocycles. The molecule has 0 atom stereocenters. The summed E-state index contributed by atoms with van der Waals surface area (Å²) in [5.41, 5.74) is 1.42. The fourth-order valence-corrected chi connectivity index (χ4v) is 1.92.